The first-order valence-corrected chi connectivity index (χ1v) is 5.10. The van der Waals surface area contributed by atoms with Gasteiger partial charge >= 0.3 is 6.18 Å². The molecule has 0 spiro atoms. The normalized spacial score (nSPS) is 21.5. The average Bonchev–Trinajstić information content (AvgIpc) is 2.64. The summed E-state index contributed by atoms with van der Waals surface area (Å²) in [5.41, 5.74) is -0.740. The number of anilines is 1. The summed E-state index contributed by atoms with van der Waals surface area (Å²) in [4.78, 5) is 8.72. The maximum absolute atomic E-state index is 12.7. The molecule has 0 aromatic carbocycles. The van der Waals surface area contributed by atoms with Crippen molar-refractivity contribution in [3.8, 4) is 0 Å². The highest BCUT2D eigenvalue weighted by atomic mass is 19.4. The highest BCUT2D eigenvalue weighted by Gasteiger charge is 2.37. The lowest BCUT2D eigenvalue weighted by atomic mass is 10.2. The van der Waals surface area contributed by atoms with Crippen molar-refractivity contribution in [2.45, 2.75) is 19.5 Å². The van der Waals surface area contributed by atoms with Crippen molar-refractivity contribution in [2.24, 2.45) is 5.92 Å². The van der Waals surface area contributed by atoms with Gasteiger partial charge in [0, 0.05) is 13.1 Å². The first-order valence-electron chi connectivity index (χ1n) is 5.10. The maximum Gasteiger partial charge on any atom is 0.435 e. The Morgan fingerprint density at radius 2 is 2.19 bits per heavy atom. The highest BCUT2D eigenvalue weighted by Crippen LogP contribution is 2.35. The molecule has 1 aliphatic rings. The van der Waals surface area contributed by atoms with Crippen LogP contribution < -0.4 is 4.90 Å². The van der Waals surface area contributed by atoms with Crippen LogP contribution in [-0.4, -0.2) is 23.1 Å². The van der Waals surface area contributed by atoms with Gasteiger partial charge in [-0.1, -0.05) is 6.92 Å². The fourth-order valence-electron chi connectivity index (χ4n) is 1.93. The van der Waals surface area contributed by atoms with Crippen molar-refractivity contribution in [1.82, 2.24) is 9.97 Å². The molecule has 16 heavy (non-hydrogen) atoms. The quantitative estimate of drug-likeness (QED) is 0.742. The third kappa shape index (κ3) is 2.10. The average molecular weight is 231 g/mol. The summed E-state index contributed by atoms with van der Waals surface area (Å²) in [6.45, 7) is 3.30. The van der Waals surface area contributed by atoms with Crippen LogP contribution in [0, 0.1) is 5.92 Å². The molecule has 0 unspecified atom stereocenters. The summed E-state index contributed by atoms with van der Waals surface area (Å²) in [6.07, 6.45) is -1.32. The van der Waals surface area contributed by atoms with Gasteiger partial charge in [0.15, 0.2) is 5.69 Å². The minimum absolute atomic E-state index is 0.0966. The molecule has 1 aliphatic heterocycles. The molecule has 1 saturated heterocycles. The van der Waals surface area contributed by atoms with Crippen LogP contribution in [0.1, 0.15) is 19.0 Å². The largest absolute Gasteiger partial charge is 0.435 e. The smallest absolute Gasteiger partial charge is 0.368 e. The van der Waals surface area contributed by atoms with E-state index in [0.29, 0.717) is 19.0 Å². The Hall–Kier alpha value is -1.33. The van der Waals surface area contributed by atoms with Crippen molar-refractivity contribution in [2.75, 3.05) is 18.0 Å². The molecule has 88 valence electrons. The standard InChI is InChI=1S/C10H12F3N3/c1-7-2-3-16(5-7)8-4-14-6-15-9(8)10(11,12)13/h4,6-7H,2-3,5H2,1H3/t7-/m0/s1. The number of halogens is 3. The minimum atomic E-state index is -4.41. The van der Waals surface area contributed by atoms with Gasteiger partial charge < -0.3 is 4.90 Å². The van der Waals surface area contributed by atoms with E-state index in [1.807, 2.05) is 6.92 Å². The molecule has 2 rings (SSSR count). The number of rotatable bonds is 1. The predicted octanol–water partition coefficient (Wildman–Crippen LogP) is 2.34. The molecule has 0 radical (unpaired) electrons. The number of alkyl halides is 3. The molecular weight excluding hydrogens is 219 g/mol. The molecule has 0 aliphatic carbocycles. The van der Waals surface area contributed by atoms with Gasteiger partial charge in [0.25, 0.3) is 0 Å². The van der Waals surface area contributed by atoms with Crippen molar-refractivity contribution < 1.29 is 13.2 Å². The highest BCUT2D eigenvalue weighted by molar-refractivity contribution is 5.50. The second-order valence-electron chi connectivity index (χ2n) is 4.09. The SMILES string of the molecule is C[C@H]1CCN(c2cncnc2C(F)(F)F)C1. The number of hydrogen-bond donors (Lipinski definition) is 0. The fraction of sp³-hybridized carbons (Fsp3) is 0.600. The van der Waals surface area contributed by atoms with Crippen molar-refractivity contribution in [1.29, 1.82) is 0 Å². The lowest BCUT2D eigenvalue weighted by molar-refractivity contribution is -0.140. The molecule has 0 saturated carbocycles. The Labute approximate surface area is 91.3 Å². The lowest BCUT2D eigenvalue weighted by Crippen LogP contribution is -2.24. The molecule has 6 heteroatoms. The lowest BCUT2D eigenvalue weighted by Gasteiger charge is -2.21. The number of hydrogen-bond acceptors (Lipinski definition) is 3. The second kappa shape index (κ2) is 3.92. The van der Waals surface area contributed by atoms with Gasteiger partial charge in [-0.15, -0.1) is 0 Å². The van der Waals surface area contributed by atoms with Gasteiger partial charge in [-0.2, -0.15) is 13.2 Å². The van der Waals surface area contributed by atoms with E-state index in [4.69, 9.17) is 0 Å². The van der Waals surface area contributed by atoms with Crippen LogP contribution in [-0.2, 0) is 6.18 Å². The van der Waals surface area contributed by atoms with Crippen LogP contribution >= 0.6 is 0 Å². The van der Waals surface area contributed by atoms with E-state index < -0.39 is 11.9 Å². The summed E-state index contributed by atoms with van der Waals surface area (Å²) in [5.74, 6) is 0.418. The van der Waals surface area contributed by atoms with Crippen LogP contribution in [0.3, 0.4) is 0 Å². The van der Waals surface area contributed by atoms with E-state index in [1.54, 1.807) is 4.90 Å². The summed E-state index contributed by atoms with van der Waals surface area (Å²) in [6, 6.07) is 0. The van der Waals surface area contributed by atoms with E-state index in [2.05, 4.69) is 9.97 Å². The van der Waals surface area contributed by atoms with Crippen molar-refractivity contribution in [3.63, 3.8) is 0 Å². The molecule has 1 aromatic heterocycles. The Bertz CT molecular complexity index is 378. The van der Waals surface area contributed by atoms with Crippen molar-refractivity contribution >= 4 is 5.69 Å². The third-order valence-corrected chi connectivity index (χ3v) is 2.73. The molecule has 2 heterocycles. The molecule has 3 nitrogen and oxygen atoms in total. The zero-order valence-corrected chi connectivity index (χ0v) is 8.83. The van der Waals surface area contributed by atoms with Crippen LogP contribution in [0.5, 0.6) is 0 Å². The summed E-state index contributed by atoms with van der Waals surface area (Å²) in [7, 11) is 0. The van der Waals surface area contributed by atoms with E-state index in [-0.39, 0.29) is 5.69 Å². The minimum Gasteiger partial charge on any atom is -0.368 e. The zero-order chi connectivity index (χ0) is 11.8. The molecule has 0 amide bonds. The van der Waals surface area contributed by atoms with Gasteiger partial charge in [0.1, 0.15) is 6.33 Å². The van der Waals surface area contributed by atoms with Gasteiger partial charge in [-0.25, -0.2) is 9.97 Å². The van der Waals surface area contributed by atoms with Crippen LogP contribution in [0.15, 0.2) is 12.5 Å². The molecule has 0 N–H and O–H groups in total. The van der Waals surface area contributed by atoms with Crippen LogP contribution in [0.25, 0.3) is 0 Å². The Balaban J connectivity index is 2.34. The second-order valence-corrected chi connectivity index (χ2v) is 4.09. The zero-order valence-electron chi connectivity index (χ0n) is 8.83. The molecule has 1 atom stereocenters. The summed E-state index contributed by atoms with van der Waals surface area (Å²) in [5, 5.41) is 0. The van der Waals surface area contributed by atoms with E-state index >= 15 is 0 Å². The third-order valence-electron chi connectivity index (χ3n) is 2.73. The van der Waals surface area contributed by atoms with E-state index in [0.717, 1.165) is 12.7 Å². The van der Waals surface area contributed by atoms with Gasteiger partial charge in [0.05, 0.1) is 11.9 Å². The predicted molar refractivity (Wildman–Crippen MR) is 53.0 cm³/mol. The first kappa shape index (κ1) is 11.2. The Morgan fingerprint density at radius 3 is 2.75 bits per heavy atom. The fourth-order valence-corrected chi connectivity index (χ4v) is 1.93. The van der Waals surface area contributed by atoms with Crippen LogP contribution in [0.2, 0.25) is 0 Å². The van der Waals surface area contributed by atoms with Gasteiger partial charge in [0.2, 0.25) is 0 Å². The Kier molecular flexibility index (Phi) is 2.73. The Morgan fingerprint density at radius 1 is 1.44 bits per heavy atom. The molecular formula is C10H12F3N3. The number of aromatic nitrogens is 2. The van der Waals surface area contributed by atoms with Crippen LogP contribution in [0.4, 0.5) is 18.9 Å². The molecule has 0 bridgehead atoms. The number of nitrogens with zero attached hydrogens (tertiary/aromatic N) is 3. The monoisotopic (exact) mass is 231 g/mol. The van der Waals surface area contributed by atoms with E-state index in [9.17, 15) is 13.2 Å². The van der Waals surface area contributed by atoms with Gasteiger partial charge in [-0.3, -0.25) is 0 Å². The topological polar surface area (TPSA) is 29.0 Å². The maximum atomic E-state index is 12.7. The summed E-state index contributed by atoms with van der Waals surface area (Å²) < 4.78 is 38.0. The molecule has 1 aromatic rings. The van der Waals surface area contributed by atoms with Crippen molar-refractivity contribution in [3.05, 3.63) is 18.2 Å². The first-order chi connectivity index (χ1) is 7.48. The van der Waals surface area contributed by atoms with E-state index in [1.165, 1.54) is 6.20 Å². The molecule has 1 fully saturated rings. The van der Waals surface area contributed by atoms with Gasteiger partial charge in [-0.05, 0) is 12.3 Å². The summed E-state index contributed by atoms with van der Waals surface area (Å²) >= 11 is 0.